The second-order valence-electron chi connectivity index (χ2n) is 5.50. The van der Waals surface area contributed by atoms with Crippen molar-refractivity contribution in [3.05, 3.63) is 40.7 Å². The van der Waals surface area contributed by atoms with Crippen LogP contribution in [0.15, 0.2) is 24.3 Å². The van der Waals surface area contributed by atoms with Gasteiger partial charge >= 0.3 is 0 Å². The molecule has 0 saturated heterocycles. The van der Waals surface area contributed by atoms with Crippen molar-refractivity contribution in [2.45, 2.75) is 37.6 Å². The van der Waals surface area contributed by atoms with Crippen molar-refractivity contribution >= 4 is 23.6 Å². The molecule has 2 rings (SSSR count). The third kappa shape index (κ3) is 4.29. The highest BCUT2D eigenvalue weighted by molar-refractivity contribution is 6.30. The fraction of sp³-hybridized carbons (Fsp3) is 0.438. The van der Waals surface area contributed by atoms with Gasteiger partial charge in [0.25, 0.3) is 0 Å². The molecule has 1 saturated carbocycles. The fourth-order valence-corrected chi connectivity index (χ4v) is 2.83. The SMILES string of the molecule is O=C(C=Cc1ccc(F)c(Cl)c1)NC1(CO)CCCCC1. The molecule has 1 aromatic carbocycles. The molecule has 5 heteroatoms. The van der Waals surface area contributed by atoms with Gasteiger partial charge in [0, 0.05) is 6.08 Å². The summed E-state index contributed by atoms with van der Waals surface area (Å²) in [5, 5.41) is 12.5. The fourth-order valence-electron chi connectivity index (χ4n) is 2.64. The van der Waals surface area contributed by atoms with Gasteiger partial charge in [0.15, 0.2) is 0 Å². The lowest BCUT2D eigenvalue weighted by Crippen LogP contribution is -2.52. The minimum atomic E-state index is -0.500. The summed E-state index contributed by atoms with van der Waals surface area (Å²) in [6.07, 6.45) is 7.72. The molecule has 0 atom stereocenters. The van der Waals surface area contributed by atoms with Crippen molar-refractivity contribution in [1.82, 2.24) is 5.32 Å². The molecule has 0 unspecified atom stereocenters. The predicted octanol–water partition coefficient (Wildman–Crippen LogP) is 3.30. The Kier molecular flexibility index (Phi) is 5.37. The van der Waals surface area contributed by atoms with Gasteiger partial charge in [-0.1, -0.05) is 36.9 Å². The molecule has 0 radical (unpaired) electrons. The summed E-state index contributed by atoms with van der Waals surface area (Å²) in [6.45, 7) is -0.0467. The van der Waals surface area contributed by atoms with Crippen LogP contribution in [0.25, 0.3) is 6.08 Å². The molecule has 0 aliphatic heterocycles. The molecule has 0 spiro atoms. The van der Waals surface area contributed by atoms with Gasteiger partial charge in [0.2, 0.25) is 5.91 Å². The maximum Gasteiger partial charge on any atom is 0.244 e. The van der Waals surface area contributed by atoms with Crippen LogP contribution in [0.3, 0.4) is 0 Å². The van der Waals surface area contributed by atoms with Crippen molar-refractivity contribution in [3.63, 3.8) is 0 Å². The number of halogens is 2. The Hall–Kier alpha value is -1.39. The number of aliphatic hydroxyl groups excluding tert-OH is 1. The average Bonchev–Trinajstić information content (AvgIpc) is 2.49. The molecule has 2 N–H and O–H groups in total. The van der Waals surface area contributed by atoms with E-state index < -0.39 is 11.4 Å². The van der Waals surface area contributed by atoms with E-state index >= 15 is 0 Å². The van der Waals surface area contributed by atoms with E-state index in [4.69, 9.17) is 11.6 Å². The number of aliphatic hydroxyl groups is 1. The Morgan fingerprint density at radius 1 is 1.38 bits per heavy atom. The molecule has 114 valence electrons. The van der Waals surface area contributed by atoms with E-state index in [1.807, 2.05) is 0 Å². The topological polar surface area (TPSA) is 49.3 Å². The molecule has 1 fully saturated rings. The Labute approximate surface area is 128 Å². The smallest absolute Gasteiger partial charge is 0.244 e. The number of benzene rings is 1. The second-order valence-corrected chi connectivity index (χ2v) is 5.90. The van der Waals surface area contributed by atoms with Crippen molar-refractivity contribution < 1.29 is 14.3 Å². The minimum absolute atomic E-state index is 0.0247. The van der Waals surface area contributed by atoms with E-state index in [0.29, 0.717) is 5.56 Å². The lowest BCUT2D eigenvalue weighted by molar-refractivity contribution is -0.119. The highest BCUT2D eigenvalue weighted by Gasteiger charge is 2.32. The van der Waals surface area contributed by atoms with E-state index in [1.165, 1.54) is 18.2 Å². The lowest BCUT2D eigenvalue weighted by atomic mass is 9.82. The van der Waals surface area contributed by atoms with E-state index in [1.54, 1.807) is 12.1 Å². The highest BCUT2D eigenvalue weighted by atomic mass is 35.5. The van der Waals surface area contributed by atoms with Gasteiger partial charge in [-0.2, -0.15) is 0 Å². The van der Waals surface area contributed by atoms with Crippen LogP contribution < -0.4 is 5.32 Å². The van der Waals surface area contributed by atoms with Crippen molar-refractivity contribution in [2.75, 3.05) is 6.61 Å². The van der Waals surface area contributed by atoms with Gasteiger partial charge in [-0.15, -0.1) is 0 Å². The molecule has 1 aliphatic rings. The predicted molar refractivity (Wildman–Crippen MR) is 81.5 cm³/mol. The zero-order valence-electron chi connectivity index (χ0n) is 11.7. The normalized spacial score (nSPS) is 17.9. The van der Waals surface area contributed by atoms with Gasteiger partial charge in [-0.3, -0.25) is 4.79 Å². The highest BCUT2D eigenvalue weighted by Crippen LogP contribution is 2.27. The largest absolute Gasteiger partial charge is 0.394 e. The van der Waals surface area contributed by atoms with Crippen molar-refractivity contribution in [2.24, 2.45) is 0 Å². The van der Waals surface area contributed by atoms with Crippen LogP contribution in [-0.4, -0.2) is 23.2 Å². The Balaban J connectivity index is 1.99. The number of rotatable bonds is 4. The monoisotopic (exact) mass is 311 g/mol. The first kappa shape index (κ1) is 16.0. The average molecular weight is 312 g/mol. The quantitative estimate of drug-likeness (QED) is 0.838. The first-order valence-corrected chi connectivity index (χ1v) is 7.49. The Morgan fingerprint density at radius 2 is 2.10 bits per heavy atom. The molecule has 3 nitrogen and oxygen atoms in total. The molecule has 1 aliphatic carbocycles. The number of hydrogen-bond donors (Lipinski definition) is 2. The zero-order chi connectivity index (χ0) is 15.3. The van der Waals surface area contributed by atoms with Crippen LogP contribution in [0, 0.1) is 5.82 Å². The van der Waals surface area contributed by atoms with Crippen LogP contribution in [0.5, 0.6) is 0 Å². The zero-order valence-corrected chi connectivity index (χ0v) is 12.5. The third-order valence-electron chi connectivity index (χ3n) is 3.87. The van der Waals surface area contributed by atoms with E-state index in [0.717, 1.165) is 32.1 Å². The standard InChI is InChI=1S/C16H19ClFNO2/c17-13-10-12(4-6-14(13)18)5-7-15(21)19-16(11-20)8-2-1-3-9-16/h4-7,10,20H,1-3,8-9,11H2,(H,19,21). The van der Waals surface area contributed by atoms with Crippen molar-refractivity contribution in [1.29, 1.82) is 0 Å². The Bertz CT molecular complexity index is 539. The molecular weight excluding hydrogens is 293 g/mol. The lowest BCUT2D eigenvalue weighted by Gasteiger charge is -2.36. The number of carbonyl (C=O) groups is 1. The van der Waals surface area contributed by atoms with Gasteiger partial charge in [0.1, 0.15) is 5.82 Å². The molecule has 0 bridgehead atoms. The summed E-state index contributed by atoms with van der Waals surface area (Å²) < 4.78 is 13.0. The van der Waals surface area contributed by atoms with Gasteiger partial charge in [0.05, 0.1) is 17.2 Å². The molecular formula is C16H19ClFNO2. The van der Waals surface area contributed by atoms with E-state index in [2.05, 4.69) is 5.32 Å². The summed E-state index contributed by atoms with van der Waals surface area (Å²) in [7, 11) is 0. The molecule has 21 heavy (non-hydrogen) atoms. The summed E-state index contributed by atoms with van der Waals surface area (Å²) in [6, 6.07) is 4.27. The maximum atomic E-state index is 13.0. The first-order valence-electron chi connectivity index (χ1n) is 7.11. The number of carbonyl (C=O) groups excluding carboxylic acids is 1. The Morgan fingerprint density at radius 3 is 2.71 bits per heavy atom. The van der Waals surface area contributed by atoms with Gasteiger partial charge < -0.3 is 10.4 Å². The van der Waals surface area contributed by atoms with Crippen molar-refractivity contribution in [3.8, 4) is 0 Å². The summed E-state index contributed by atoms with van der Waals surface area (Å²) in [4.78, 5) is 12.0. The van der Waals surface area contributed by atoms with Crippen LogP contribution in [0.1, 0.15) is 37.7 Å². The van der Waals surface area contributed by atoms with Crippen LogP contribution in [0.4, 0.5) is 4.39 Å². The minimum Gasteiger partial charge on any atom is -0.394 e. The molecule has 1 amide bonds. The van der Waals surface area contributed by atoms with Crippen LogP contribution >= 0.6 is 11.6 Å². The number of amides is 1. The van der Waals surface area contributed by atoms with Crippen LogP contribution in [0.2, 0.25) is 5.02 Å². The third-order valence-corrected chi connectivity index (χ3v) is 4.16. The van der Waals surface area contributed by atoms with Crippen LogP contribution in [-0.2, 0) is 4.79 Å². The maximum absolute atomic E-state index is 13.0. The number of hydrogen-bond acceptors (Lipinski definition) is 2. The van der Waals surface area contributed by atoms with Gasteiger partial charge in [-0.25, -0.2) is 4.39 Å². The molecule has 0 aromatic heterocycles. The first-order chi connectivity index (χ1) is 10.0. The van der Waals surface area contributed by atoms with E-state index in [9.17, 15) is 14.3 Å². The molecule has 1 aromatic rings. The summed E-state index contributed by atoms with van der Waals surface area (Å²) in [5.74, 6) is -0.744. The number of nitrogens with one attached hydrogen (secondary N) is 1. The molecule has 0 heterocycles. The van der Waals surface area contributed by atoms with Gasteiger partial charge in [-0.05, 0) is 36.6 Å². The second kappa shape index (κ2) is 7.05. The summed E-state index contributed by atoms with van der Waals surface area (Å²) in [5.41, 5.74) is 0.151. The van der Waals surface area contributed by atoms with E-state index in [-0.39, 0.29) is 17.5 Å². The summed E-state index contributed by atoms with van der Waals surface area (Å²) >= 11 is 5.69.